The molecule has 8 heteroatoms. The van der Waals surface area contributed by atoms with Crippen molar-refractivity contribution in [3.63, 3.8) is 0 Å². The number of carbonyl (C=O) groups is 3. The van der Waals surface area contributed by atoms with Gasteiger partial charge < -0.3 is 15.0 Å². The first-order valence-corrected chi connectivity index (χ1v) is 12.2. The van der Waals surface area contributed by atoms with Gasteiger partial charge in [-0.2, -0.15) is 6.07 Å². The zero-order valence-electron chi connectivity index (χ0n) is 20.2. The van der Waals surface area contributed by atoms with Gasteiger partial charge in [0, 0.05) is 22.5 Å². The van der Waals surface area contributed by atoms with E-state index in [9.17, 15) is 14.4 Å². The number of aromatic nitrogens is 1. The van der Waals surface area contributed by atoms with E-state index in [2.05, 4.69) is 10.3 Å². The molecule has 1 aromatic heterocycles. The van der Waals surface area contributed by atoms with Crippen LogP contribution in [-0.2, 0) is 9.53 Å². The van der Waals surface area contributed by atoms with Crippen LogP contribution in [0.2, 0.25) is 0 Å². The third-order valence-corrected chi connectivity index (χ3v) is 6.10. The highest BCUT2D eigenvalue weighted by Gasteiger charge is 2.33. The quantitative estimate of drug-likeness (QED) is 0.330. The number of nitrogens with zero attached hydrogens (tertiary/aromatic N) is 2. The van der Waals surface area contributed by atoms with E-state index in [1.54, 1.807) is 93.2 Å². The molecule has 2 aromatic carbocycles. The topological polar surface area (TPSA) is 88.6 Å². The summed E-state index contributed by atoms with van der Waals surface area (Å²) in [5.41, 5.74) is 2.06. The normalized spacial score (nSPS) is 13.2. The van der Waals surface area contributed by atoms with Gasteiger partial charge in [-0.05, 0) is 49.9 Å². The number of rotatable bonds is 6. The Bertz CT molecular complexity index is 1290. The maximum absolute atomic E-state index is 13.1. The van der Waals surface area contributed by atoms with Crippen molar-refractivity contribution in [2.45, 2.75) is 32.8 Å². The molecule has 0 radical (unpaired) electrons. The van der Waals surface area contributed by atoms with Gasteiger partial charge in [-0.15, -0.1) is 23.4 Å². The molecule has 184 valence electrons. The van der Waals surface area contributed by atoms with Crippen molar-refractivity contribution in [3.05, 3.63) is 112 Å². The molecule has 1 aliphatic rings. The standard InChI is InChI=1S/C28H26N3O4S/c1-28(2,3)35-27(34)31-23(18-36-26(31)21-12-8-14-29-17-21)16-24(32)30-22-13-7-11-20(15-22)25(33)19-9-5-4-6-10-19/h4-15,17-18H,16H2,1-3H3,(H,30,32)/q-1. The lowest BCUT2D eigenvalue weighted by molar-refractivity contribution is -0.115. The molecule has 36 heavy (non-hydrogen) atoms. The Morgan fingerprint density at radius 1 is 1.00 bits per heavy atom. The molecule has 1 aliphatic heterocycles. The second kappa shape index (κ2) is 10.7. The van der Waals surface area contributed by atoms with Gasteiger partial charge in [-0.25, -0.2) is 4.79 Å². The molecule has 2 heterocycles. The summed E-state index contributed by atoms with van der Waals surface area (Å²) in [7, 11) is 0. The average Bonchev–Trinajstić information content (AvgIpc) is 3.27. The van der Waals surface area contributed by atoms with E-state index in [4.69, 9.17) is 4.74 Å². The van der Waals surface area contributed by atoms with Crippen LogP contribution < -0.4 is 5.32 Å². The number of benzene rings is 2. The van der Waals surface area contributed by atoms with Crippen LogP contribution in [-0.4, -0.2) is 33.3 Å². The van der Waals surface area contributed by atoms with E-state index in [1.807, 2.05) is 12.1 Å². The Morgan fingerprint density at radius 3 is 2.44 bits per heavy atom. The van der Waals surface area contributed by atoms with Gasteiger partial charge in [0.2, 0.25) is 5.91 Å². The fraction of sp³-hybridized carbons (Fsp3) is 0.179. The molecule has 0 saturated carbocycles. The van der Waals surface area contributed by atoms with Gasteiger partial charge in [0.25, 0.3) is 0 Å². The minimum absolute atomic E-state index is 0.0626. The summed E-state index contributed by atoms with van der Waals surface area (Å²) in [5.74, 6) is -0.458. The predicted molar refractivity (Wildman–Crippen MR) is 140 cm³/mol. The zero-order valence-corrected chi connectivity index (χ0v) is 21.0. The Hall–Kier alpha value is -4.04. The van der Waals surface area contributed by atoms with Crippen LogP contribution in [0.15, 0.2) is 90.2 Å². The molecule has 0 spiro atoms. The van der Waals surface area contributed by atoms with Crippen LogP contribution in [0.1, 0.15) is 48.7 Å². The summed E-state index contributed by atoms with van der Waals surface area (Å²) in [6, 6.07) is 19.4. The zero-order chi connectivity index (χ0) is 25.7. The Balaban J connectivity index is 1.49. The molecule has 0 aliphatic carbocycles. The number of hydrogen-bond acceptors (Lipinski definition) is 6. The highest BCUT2D eigenvalue weighted by Crippen LogP contribution is 2.43. The first-order valence-electron chi connectivity index (χ1n) is 11.4. The van der Waals surface area contributed by atoms with Gasteiger partial charge in [0.05, 0.1) is 6.42 Å². The second-order valence-corrected chi connectivity index (χ2v) is 9.95. The van der Waals surface area contributed by atoms with Crippen molar-refractivity contribution in [2.24, 2.45) is 0 Å². The van der Waals surface area contributed by atoms with Crippen molar-refractivity contribution in [1.82, 2.24) is 9.88 Å². The molecule has 2 amide bonds. The fourth-order valence-electron chi connectivity index (χ4n) is 3.54. The summed E-state index contributed by atoms with van der Waals surface area (Å²) in [6.07, 6.45) is 2.68. The van der Waals surface area contributed by atoms with Crippen LogP contribution in [0.3, 0.4) is 0 Å². The average molecular weight is 501 g/mol. The number of ketones is 1. The number of pyridine rings is 1. The molecular weight excluding hydrogens is 474 g/mol. The van der Waals surface area contributed by atoms with Gasteiger partial charge in [-0.1, -0.05) is 48.7 Å². The van der Waals surface area contributed by atoms with Crippen molar-refractivity contribution < 1.29 is 19.1 Å². The lowest BCUT2D eigenvalue weighted by Crippen LogP contribution is -2.37. The maximum atomic E-state index is 13.1. The van der Waals surface area contributed by atoms with Gasteiger partial charge in [0.15, 0.2) is 5.78 Å². The number of anilines is 1. The fourth-order valence-corrected chi connectivity index (χ4v) is 4.53. The van der Waals surface area contributed by atoms with E-state index < -0.39 is 11.7 Å². The molecule has 0 bridgehead atoms. The Kier molecular flexibility index (Phi) is 7.45. The minimum Gasteiger partial charge on any atom is -0.444 e. The second-order valence-electron chi connectivity index (χ2n) is 9.09. The van der Waals surface area contributed by atoms with Crippen LogP contribution in [0.25, 0.3) is 0 Å². The maximum Gasteiger partial charge on any atom is 0.408 e. The third-order valence-electron chi connectivity index (χ3n) is 5.07. The van der Waals surface area contributed by atoms with Crippen LogP contribution in [0.4, 0.5) is 10.5 Å². The number of hydrogen-bond donors (Lipinski definition) is 1. The summed E-state index contributed by atoms with van der Waals surface area (Å²) in [6.45, 7) is 5.37. The highest BCUT2D eigenvalue weighted by atomic mass is 32.2. The number of ether oxygens (including phenoxy) is 1. The lowest BCUT2D eigenvalue weighted by Gasteiger charge is -2.34. The lowest BCUT2D eigenvalue weighted by atomic mass is 10.0. The molecule has 7 nitrogen and oxygen atoms in total. The van der Waals surface area contributed by atoms with E-state index in [-0.39, 0.29) is 18.1 Å². The molecule has 0 atom stereocenters. The SMILES string of the molecule is CC(C)(C)OC(=O)N1C(CC(=O)Nc2cccc(C(=O)c3ccccc3)c2)=CS[C-]1c1cccnc1. The molecular formula is C28H26N3O4S-. The summed E-state index contributed by atoms with van der Waals surface area (Å²) >= 11 is 1.33. The minimum atomic E-state index is -0.705. The summed E-state index contributed by atoms with van der Waals surface area (Å²) in [4.78, 5) is 44.4. The van der Waals surface area contributed by atoms with Gasteiger partial charge >= 0.3 is 6.09 Å². The molecule has 0 unspecified atom stereocenters. The van der Waals surface area contributed by atoms with Crippen molar-refractivity contribution in [3.8, 4) is 0 Å². The molecule has 4 rings (SSSR count). The Morgan fingerprint density at radius 2 is 1.75 bits per heavy atom. The number of amides is 2. The number of nitrogens with one attached hydrogen (secondary N) is 1. The summed E-state index contributed by atoms with van der Waals surface area (Å²) in [5, 5.41) is 5.22. The Labute approximate surface area is 214 Å². The molecule has 0 fully saturated rings. The third kappa shape index (κ3) is 6.14. The first-order chi connectivity index (χ1) is 17.2. The number of thioether (sulfide) groups is 1. The van der Waals surface area contributed by atoms with E-state index in [1.165, 1.54) is 16.7 Å². The van der Waals surface area contributed by atoms with E-state index in [0.717, 1.165) is 5.56 Å². The number of carbonyl (C=O) groups excluding carboxylic acids is 3. The van der Waals surface area contributed by atoms with E-state index in [0.29, 0.717) is 27.9 Å². The van der Waals surface area contributed by atoms with Crippen molar-refractivity contribution in [1.29, 1.82) is 0 Å². The van der Waals surface area contributed by atoms with E-state index >= 15 is 0 Å². The monoisotopic (exact) mass is 500 g/mol. The molecule has 1 N–H and O–H groups in total. The van der Waals surface area contributed by atoms with Gasteiger partial charge in [-0.3, -0.25) is 14.5 Å². The van der Waals surface area contributed by atoms with Gasteiger partial charge in [0.1, 0.15) is 5.60 Å². The van der Waals surface area contributed by atoms with Crippen LogP contribution in [0, 0.1) is 5.37 Å². The first kappa shape index (κ1) is 25.1. The highest BCUT2D eigenvalue weighted by molar-refractivity contribution is 8.05. The van der Waals surface area contributed by atoms with Crippen LogP contribution >= 0.6 is 11.8 Å². The smallest absolute Gasteiger partial charge is 0.408 e. The largest absolute Gasteiger partial charge is 0.444 e. The van der Waals surface area contributed by atoms with Crippen LogP contribution in [0.5, 0.6) is 0 Å². The summed E-state index contributed by atoms with van der Waals surface area (Å²) < 4.78 is 5.61. The predicted octanol–water partition coefficient (Wildman–Crippen LogP) is 6.00. The van der Waals surface area contributed by atoms with Crippen molar-refractivity contribution >= 4 is 35.2 Å². The molecule has 3 aromatic rings. The molecule has 0 saturated heterocycles. The van der Waals surface area contributed by atoms with Crippen molar-refractivity contribution in [2.75, 3.05) is 5.32 Å².